The van der Waals surface area contributed by atoms with Gasteiger partial charge in [0.1, 0.15) is 22.8 Å². The number of rotatable bonds is 5. The zero-order valence-electron chi connectivity index (χ0n) is 15.0. The summed E-state index contributed by atoms with van der Waals surface area (Å²) in [6, 6.07) is 3.27. The molecule has 1 aliphatic rings. The molecule has 1 atom stereocenters. The minimum atomic E-state index is -3.60. The lowest BCUT2D eigenvalue weighted by Crippen LogP contribution is -2.39. The third-order valence-electron chi connectivity index (χ3n) is 3.91. The van der Waals surface area contributed by atoms with Gasteiger partial charge in [0.05, 0.1) is 36.2 Å². The molecular formula is C17H16Cl3N3O4S. The molecule has 28 heavy (non-hydrogen) atoms. The summed E-state index contributed by atoms with van der Waals surface area (Å²) < 4.78 is 36.7. The number of fused-ring (bicyclic) bond motifs is 1. The van der Waals surface area contributed by atoms with Gasteiger partial charge in [-0.15, -0.1) is 0 Å². The average molecular weight is 465 g/mol. The maximum atomic E-state index is 11.8. The zero-order valence-corrected chi connectivity index (χ0v) is 18.1. The molecule has 0 aliphatic carbocycles. The Balaban J connectivity index is 2.37. The fourth-order valence-electron chi connectivity index (χ4n) is 2.73. The number of halogens is 3. The molecule has 2 N–H and O–H groups in total. The van der Waals surface area contributed by atoms with Gasteiger partial charge in [-0.1, -0.05) is 34.8 Å². The third-order valence-corrected chi connectivity index (χ3v) is 5.48. The predicted molar refractivity (Wildman–Crippen MR) is 112 cm³/mol. The third kappa shape index (κ3) is 4.10. The molecule has 11 heteroatoms. The summed E-state index contributed by atoms with van der Waals surface area (Å²) in [5, 5.41) is 4.57. The summed E-state index contributed by atoms with van der Waals surface area (Å²) in [5.41, 5.74) is 0.168. The maximum Gasteiger partial charge on any atom is 0.230 e. The van der Waals surface area contributed by atoms with Crippen LogP contribution in [0.5, 0.6) is 11.5 Å². The molecule has 0 radical (unpaired) electrons. The van der Waals surface area contributed by atoms with Crippen LogP contribution in [-0.4, -0.2) is 39.4 Å². The van der Waals surface area contributed by atoms with E-state index < -0.39 is 15.5 Å². The Bertz CT molecular complexity index is 1140. The number of ether oxygens (including phenoxy) is 2. The smallest absolute Gasteiger partial charge is 0.230 e. The first kappa shape index (κ1) is 20.9. The lowest BCUT2D eigenvalue weighted by molar-refractivity contribution is 0.395. The van der Waals surface area contributed by atoms with Gasteiger partial charge in [0.2, 0.25) is 10.0 Å². The van der Waals surface area contributed by atoms with Crippen LogP contribution in [0.2, 0.25) is 10.0 Å². The first-order valence-corrected chi connectivity index (χ1v) is 10.9. The second-order valence-corrected chi connectivity index (χ2v) is 8.87. The van der Waals surface area contributed by atoms with Gasteiger partial charge in [-0.05, 0) is 12.1 Å². The van der Waals surface area contributed by atoms with E-state index >= 15 is 0 Å². The second kappa shape index (κ2) is 7.87. The zero-order chi connectivity index (χ0) is 20.6. The van der Waals surface area contributed by atoms with Gasteiger partial charge in [0.25, 0.3) is 0 Å². The number of alkyl halides is 1. The Kier molecular flexibility index (Phi) is 5.86. The van der Waals surface area contributed by atoms with Crippen LogP contribution in [0.4, 0.5) is 5.82 Å². The van der Waals surface area contributed by atoms with E-state index in [4.69, 9.17) is 44.3 Å². The van der Waals surface area contributed by atoms with Crippen molar-refractivity contribution in [2.45, 2.75) is 5.50 Å². The van der Waals surface area contributed by atoms with Crippen molar-refractivity contribution in [2.24, 2.45) is 0 Å². The number of nitrogens with zero attached hydrogens (tertiary/aromatic N) is 1. The monoisotopic (exact) mass is 463 g/mol. The highest BCUT2D eigenvalue weighted by atomic mass is 35.5. The summed E-state index contributed by atoms with van der Waals surface area (Å²) in [6.07, 6.45) is 4.34. The van der Waals surface area contributed by atoms with Gasteiger partial charge in [-0.3, -0.25) is 4.72 Å². The highest BCUT2D eigenvalue weighted by Gasteiger charge is 2.21. The first-order valence-electron chi connectivity index (χ1n) is 7.86. The SMILES string of the molecule is COc1cc(OC)c(Cl)c(-c2cc3c(c(NS(C)(=O)=O)n2)=CC(Cl)NC=3)c1Cl. The standard InChI is InChI=1S/C17H16Cl3N3O4S/c1-26-11-6-12(27-2)16(20)14(15(11)19)10-4-8-7-21-13(18)5-9(8)17(22-10)23-28(3,24)25/h4-7,13,21H,1-3H3,(H,22,23). The van der Waals surface area contributed by atoms with Crippen molar-refractivity contribution < 1.29 is 17.9 Å². The van der Waals surface area contributed by atoms with Gasteiger partial charge in [0.15, 0.2) is 0 Å². The van der Waals surface area contributed by atoms with Crippen LogP contribution in [0.15, 0.2) is 12.1 Å². The number of nitrogens with one attached hydrogen (secondary N) is 2. The Hall–Kier alpha value is -1.87. The van der Waals surface area contributed by atoms with E-state index in [0.717, 1.165) is 6.26 Å². The molecular weight excluding hydrogens is 449 g/mol. The van der Waals surface area contributed by atoms with E-state index in [2.05, 4.69) is 15.0 Å². The molecule has 0 fully saturated rings. The van der Waals surface area contributed by atoms with Crippen molar-refractivity contribution in [3.63, 3.8) is 0 Å². The highest BCUT2D eigenvalue weighted by molar-refractivity contribution is 7.92. The molecule has 7 nitrogen and oxygen atoms in total. The number of anilines is 1. The molecule has 1 unspecified atom stereocenters. The van der Waals surface area contributed by atoms with Crippen molar-refractivity contribution in [3.05, 3.63) is 32.6 Å². The number of sulfonamides is 1. The summed E-state index contributed by atoms with van der Waals surface area (Å²) in [5.74, 6) is 0.779. The van der Waals surface area contributed by atoms with E-state index in [9.17, 15) is 8.42 Å². The molecule has 0 amide bonds. The molecule has 2 heterocycles. The molecule has 0 bridgehead atoms. The largest absolute Gasteiger partial charge is 0.495 e. The summed E-state index contributed by atoms with van der Waals surface area (Å²) in [6.45, 7) is 0. The van der Waals surface area contributed by atoms with Crippen molar-refractivity contribution in [1.82, 2.24) is 10.3 Å². The molecule has 1 aromatic heterocycles. The molecule has 2 aromatic rings. The molecule has 0 saturated heterocycles. The fraction of sp³-hybridized carbons (Fsp3) is 0.235. The fourth-order valence-corrected chi connectivity index (χ4v) is 4.12. The van der Waals surface area contributed by atoms with Gasteiger partial charge in [-0.2, -0.15) is 0 Å². The lowest BCUT2D eigenvalue weighted by atomic mass is 10.1. The highest BCUT2D eigenvalue weighted by Crippen LogP contribution is 2.45. The van der Waals surface area contributed by atoms with Crippen LogP contribution in [0.1, 0.15) is 0 Å². The van der Waals surface area contributed by atoms with Gasteiger partial charge < -0.3 is 14.8 Å². The molecule has 0 saturated carbocycles. The van der Waals surface area contributed by atoms with E-state index in [1.165, 1.54) is 14.2 Å². The molecule has 150 valence electrons. The van der Waals surface area contributed by atoms with E-state index in [1.54, 1.807) is 24.4 Å². The van der Waals surface area contributed by atoms with E-state index in [1.807, 2.05) is 0 Å². The van der Waals surface area contributed by atoms with Crippen LogP contribution >= 0.6 is 34.8 Å². The number of hydrogen-bond donors (Lipinski definition) is 2. The minimum absolute atomic E-state index is 0.104. The van der Waals surface area contributed by atoms with Crippen molar-refractivity contribution >= 4 is 62.9 Å². The summed E-state index contributed by atoms with van der Waals surface area (Å²) in [7, 11) is -0.677. The number of pyridine rings is 1. The second-order valence-electron chi connectivity index (χ2n) is 5.90. The van der Waals surface area contributed by atoms with Crippen LogP contribution in [0.3, 0.4) is 0 Å². The molecule has 3 rings (SSSR count). The first-order chi connectivity index (χ1) is 13.1. The summed E-state index contributed by atoms with van der Waals surface area (Å²) >= 11 is 19.0. The normalized spacial score (nSPS) is 15.6. The number of hydrogen-bond acceptors (Lipinski definition) is 6. The Labute approximate surface area is 177 Å². The Morgan fingerprint density at radius 2 is 1.75 bits per heavy atom. The van der Waals surface area contributed by atoms with Gasteiger partial charge in [-0.25, -0.2) is 13.4 Å². The average Bonchev–Trinajstić information content (AvgIpc) is 2.61. The van der Waals surface area contributed by atoms with Crippen LogP contribution in [0, 0.1) is 0 Å². The van der Waals surface area contributed by atoms with Crippen LogP contribution in [-0.2, 0) is 10.0 Å². The maximum absolute atomic E-state index is 11.8. The van der Waals surface area contributed by atoms with Crippen molar-refractivity contribution in [1.29, 1.82) is 0 Å². The van der Waals surface area contributed by atoms with Gasteiger partial charge >= 0.3 is 0 Å². The molecule has 1 aliphatic heterocycles. The number of aromatic nitrogens is 1. The van der Waals surface area contributed by atoms with E-state index in [-0.39, 0.29) is 15.9 Å². The van der Waals surface area contributed by atoms with E-state index in [0.29, 0.717) is 33.2 Å². The van der Waals surface area contributed by atoms with Crippen LogP contribution < -0.4 is 29.9 Å². The van der Waals surface area contributed by atoms with Crippen molar-refractivity contribution in [2.75, 3.05) is 25.2 Å². The van der Waals surface area contributed by atoms with Crippen LogP contribution in [0.25, 0.3) is 23.5 Å². The van der Waals surface area contributed by atoms with Crippen molar-refractivity contribution in [3.8, 4) is 22.8 Å². The topological polar surface area (TPSA) is 89.5 Å². The number of methoxy groups -OCH3 is 2. The molecule has 1 aromatic carbocycles. The predicted octanol–water partition coefficient (Wildman–Crippen LogP) is 2.13. The quantitative estimate of drug-likeness (QED) is 0.520. The van der Waals surface area contributed by atoms with Gasteiger partial charge in [0, 0.05) is 28.3 Å². The summed E-state index contributed by atoms with van der Waals surface area (Å²) in [4.78, 5) is 4.44. The lowest BCUT2D eigenvalue weighted by Gasteiger charge is -2.17. The Morgan fingerprint density at radius 3 is 2.29 bits per heavy atom. The number of benzene rings is 1. The Morgan fingerprint density at radius 1 is 1.14 bits per heavy atom. The molecule has 0 spiro atoms. The minimum Gasteiger partial charge on any atom is -0.495 e.